The van der Waals surface area contributed by atoms with Crippen molar-refractivity contribution < 1.29 is 8.83 Å². The van der Waals surface area contributed by atoms with Gasteiger partial charge in [0.2, 0.25) is 5.89 Å². The monoisotopic (exact) mass is 236 g/mol. The van der Waals surface area contributed by atoms with E-state index in [4.69, 9.17) is 8.83 Å². The van der Waals surface area contributed by atoms with E-state index in [1.54, 1.807) is 12.5 Å². The predicted molar refractivity (Wildman–Crippen MR) is 62.4 cm³/mol. The summed E-state index contributed by atoms with van der Waals surface area (Å²) in [5, 5.41) is 14.1. The van der Waals surface area contributed by atoms with Gasteiger partial charge in [-0.15, -0.1) is 5.10 Å². The average Bonchev–Trinajstić information content (AvgIpc) is 2.98. The highest BCUT2D eigenvalue weighted by atomic mass is 16.4. The molecule has 2 aromatic heterocycles. The van der Waals surface area contributed by atoms with E-state index < -0.39 is 0 Å². The van der Waals surface area contributed by atoms with Crippen molar-refractivity contribution in [3.05, 3.63) is 30.0 Å². The van der Waals surface area contributed by atoms with Crippen LogP contribution in [0, 0.1) is 0 Å². The van der Waals surface area contributed by atoms with Crippen LogP contribution in [-0.2, 0) is 6.54 Å². The van der Waals surface area contributed by atoms with Crippen molar-refractivity contribution in [2.75, 3.05) is 11.9 Å². The first-order valence-electron chi connectivity index (χ1n) is 5.61. The molecule has 0 saturated carbocycles. The largest absolute Gasteiger partial charge is 0.472 e. The van der Waals surface area contributed by atoms with Gasteiger partial charge >= 0.3 is 6.01 Å². The van der Waals surface area contributed by atoms with Gasteiger partial charge in [-0.2, -0.15) is 0 Å². The van der Waals surface area contributed by atoms with Crippen molar-refractivity contribution >= 4 is 6.01 Å². The maximum absolute atomic E-state index is 5.47. The molecule has 92 valence electrons. The zero-order valence-electron chi connectivity index (χ0n) is 9.93. The lowest BCUT2D eigenvalue weighted by atomic mass is 10.3. The first-order chi connectivity index (χ1) is 8.29. The molecule has 0 radical (unpaired) electrons. The zero-order valence-corrected chi connectivity index (χ0v) is 9.93. The highest BCUT2D eigenvalue weighted by molar-refractivity contribution is 5.21. The molecule has 6 nitrogen and oxygen atoms in total. The third kappa shape index (κ3) is 3.07. The smallest absolute Gasteiger partial charge is 0.315 e. The lowest BCUT2D eigenvalue weighted by Crippen LogP contribution is -2.17. The number of rotatable bonds is 6. The van der Waals surface area contributed by atoms with Crippen LogP contribution < -0.4 is 10.6 Å². The molecule has 0 fully saturated rings. The van der Waals surface area contributed by atoms with Crippen molar-refractivity contribution in [2.45, 2.75) is 26.4 Å². The Kier molecular flexibility index (Phi) is 3.77. The Bertz CT molecular complexity index is 438. The molecule has 17 heavy (non-hydrogen) atoms. The minimum atomic E-state index is 0.0666. The molecular formula is C11H16N4O2. The van der Waals surface area contributed by atoms with E-state index >= 15 is 0 Å². The average molecular weight is 236 g/mol. The van der Waals surface area contributed by atoms with Crippen molar-refractivity contribution in [3.63, 3.8) is 0 Å². The minimum absolute atomic E-state index is 0.0666. The summed E-state index contributed by atoms with van der Waals surface area (Å²) in [5.41, 5.74) is 1.03. The fourth-order valence-electron chi connectivity index (χ4n) is 1.45. The van der Waals surface area contributed by atoms with Gasteiger partial charge in [-0.3, -0.25) is 0 Å². The lowest BCUT2D eigenvalue weighted by molar-refractivity contribution is 0.428. The molecule has 0 aliphatic heterocycles. The highest BCUT2D eigenvalue weighted by Gasteiger charge is 2.12. The molecule has 6 heteroatoms. The molecule has 2 rings (SSSR count). The number of furan rings is 1. The van der Waals surface area contributed by atoms with Crippen LogP contribution in [0.25, 0.3) is 0 Å². The lowest BCUT2D eigenvalue weighted by Gasteiger charge is -2.05. The summed E-state index contributed by atoms with van der Waals surface area (Å²) in [5.74, 6) is 0.585. The SMILES string of the molecule is CCNC(C)c1nnc(NCc2ccoc2)o1. The van der Waals surface area contributed by atoms with E-state index in [0.717, 1.165) is 12.1 Å². The Hall–Kier alpha value is -1.82. The molecule has 2 N–H and O–H groups in total. The minimum Gasteiger partial charge on any atom is -0.472 e. The molecule has 2 heterocycles. The summed E-state index contributed by atoms with van der Waals surface area (Å²) in [7, 11) is 0. The van der Waals surface area contributed by atoms with Gasteiger partial charge in [-0.05, 0) is 19.5 Å². The quantitative estimate of drug-likeness (QED) is 0.798. The van der Waals surface area contributed by atoms with E-state index in [0.29, 0.717) is 18.5 Å². The normalized spacial score (nSPS) is 12.6. The molecule has 1 unspecified atom stereocenters. The maximum Gasteiger partial charge on any atom is 0.315 e. The second kappa shape index (κ2) is 5.49. The van der Waals surface area contributed by atoms with Crippen LogP contribution in [0.2, 0.25) is 0 Å². The van der Waals surface area contributed by atoms with E-state index in [1.165, 1.54) is 0 Å². The second-order valence-corrected chi connectivity index (χ2v) is 3.71. The number of anilines is 1. The summed E-state index contributed by atoms with van der Waals surface area (Å²) < 4.78 is 10.4. The molecule has 1 atom stereocenters. The summed E-state index contributed by atoms with van der Waals surface area (Å²) in [4.78, 5) is 0. The van der Waals surface area contributed by atoms with Crippen LogP contribution in [-0.4, -0.2) is 16.7 Å². The molecule has 0 saturated heterocycles. The first kappa shape index (κ1) is 11.7. The Balaban J connectivity index is 1.89. The van der Waals surface area contributed by atoms with Gasteiger partial charge in [-0.1, -0.05) is 12.0 Å². The van der Waals surface area contributed by atoms with Gasteiger partial charge in [0, 0.05) is 12.1 Å². The van der Waals surface area contributed by atoms with Crippen molar-refractivity contribution in [2.24, 2.45) is 0 Å². The van der Waals surface area contributed by atoms with Gasteiger partial charge in [0.25, 0.3) is 0 Å². The fourth-order valence-corrected chi connectivity index (χ4v) is 1.45. The zero-order chi connectivity index (χ0) is 12.1. The molecule has 0 aliphatic carbocycles. The van der Waals surface area contributed by atoms with E-state index in [1.807, 2.05) is 19.9 Å². The first-order valence-corrected chi connectivity index (χ1v) is 5.61. The van der Waals surface area contributed by atoms with Gasteiger partial charge in [0.1, 0.15) is 0 Å². The summed E-state index contributed by atoms with van der Waals surface area (Å²) in [6.07, 6.45) is 3.30. The number of nitrogens with one attached hydrogen (secondary N) is 2. The van der Waals surface area contributed by atoms with Crippen LogP contribution in [0.5, 0.6) is 0 Å². The van der Waals surface area contributed by atoms with Gasteiger partial charge in [0.05, 0.1) is 18.6 Å². The van der Waals surface area contributed by atoms with Crippen molar-refractivity contribution in [1.82, 2.24) is 15.5 Å². The van der Waals surface area contributed by atoms with Crippen LogP contribution in [0.1, 0.15) is 31.3 Å². The highest BCUT2D eigenvalue weighted by Crippen LogP contribution is 2.14. The molecular weight excluding hydrogens is 220 g/mol. The van der Waals surface area contributed by atoms with Gasteiger partial charge in [-0.25, -0.2) is 0 Å². The molecule has 0 spiro atoms. The number of aromatic nitrogens is 2. The van der Waals surface area contributed by atoms with Crippen molar-refractivity contribution in [3.8, 4) is 0 Å². The predicted octanol–water partition coefficient (Wildman–Crippen LogP) is 1.95. The second-order valence-electron chi connectivity index (χ2n) is 3.71. The van der Waals surface area contributed by atoms with Crippen LogP contribution >= 0.6 is 0 Å². The van der Waals surface area contributed by atoms with Crippen LogP contribution in [0.4, 0.5) is 6.01 Å². The maximum atomic E-state index is 5.47. The Morgan fingerprint density at radius 3 is 3.00 bits per heavy atom. The third-order valence-electron chi connectivity index (χ3n) is 2.35. The fraction of sp³-hybridized carbons (Fsp3) is 0.455. The summed E-state index contributed by atoms with van der Waals surface area (Å²) in [6, 6.07) is 2.37. The van der Waals surface area contributed by atoms with Crippen LogP contribution in [0.3, 0.4) is 0 Å². The van der Waals surface area contributed by atoms with Gasteiger partial charge in [0.15, 0.2) is 0 Å². The molecule has 0 amide bonds. The van der Waals surface area contributed by atoms with E-state index in [2.05, 4.69) is 20.8 Å². The summed E-state index contributed by atoms with van der Waals surface area (Å²) >= 11 is 0. The van der Waals surface area contributed by atoms with E-state index in [9.17, 15) is 0 Å². The van der Waals surface area contributed by atoms with E-state index in [-0.39, 0.29) is 6.04 Å². The molecule has 2 aromatic rings. The Morgan fingerprint density at radius 1 is 1.41 bits per heavy atom. The van der Waals surface area contributed by atoms with Crippen LogP contribution in [0.15, 0.2) is 27.4 Å². The standard InChI is InChI=1S/C11H16N4O2/c1-3-12-8(2)10-14-15-11(17-10)13-6-9-4-5-16-7-9/h4-5,7-8,12H,3,6H2,1-2H3,(H,13,15). The molecule has 0 aliphatic rings. The number of hydrogen-bond acceptors (Lipinski definition) is 6. The number of nitrogens with zero attached hydrogens (tertiary/aromatic N) is 2. The molecule has 0 aromatic carbocycles. The van der Waals surface area contributed by atoms with Gasteiger partial charge < -0.3 is 19.5 Å². The molecule has 0 bridgehead atoms. The number of hydrogen-bond donors (Lipinski definition) is 2. The van der Waals surface area contributed by atoms with Crippen molar-refractivity contribution in [1.29, 1.82) is 0 Å². The third-order valence-corrected chi connectivity index (χ3v) is 2.35. The Morgan fingerprint density at radius 2 is 2.29 bits per heavy atom. The topological polar surface area (TPSA) is 76.1 Å². The summed E-state index contributed by atoms with van der Waals surface area (Å²) in [6.45, 7) is 5.48. The Labute approximate surface area is 99.4 Å².